The van der Waals surface area contributed by atoms with E-state index in [9.17, 15) is 0 Å². The lowest BCUT2D eigenvalue weighted by atomic mass is 9.89. The molecule has 30 heavy (non-hydrogen) atoms. The fourth-order valence-electron chi connectivity index (χ4n) is 4.58. The topological polar surface area (TPSA) is 54.9 Å². The molecule has 5 nitrogen and oxygen atoms in total. The number of aliphatic imine (C=N–C) groups is 1. The summed E-state index contributed by atoms with van der Waals surface area (Å²) in [6.45, 7) is 5.93. The van der Waals surface area contributed by atoms with Crippen LogP contribution in [-0.2, 0) is 4.74 Å². The highest BCUT2D eigenvalue weighted by atomic mass is 16.5. The van der Waals surface area contributed by atoms with Gasteiger partial charge in [-0.15, -0.1) is 0 Å². The highest BCUT2D eigenvalue weighted by Crippen LogP contribution is 2.39. The second-order valence-corrected chi connectivity index (χ2v) is 8.86. The van der Waals surface area contributed by atoms with Gasteiger partial charge in [-0.1, -0.05) is 48.5 Å². The van der Waals surface area contributed by atoms with Crippen LogP contribution < -0.4 is 15.4 Å². The maximum atomic E-state index is 6.17. The normalized spacial score (nSPS) is 25.7. The average molecular weight is 408 g/mol. The Balaban J connectivity index is 1.43. The predicted molar refractivity (Wildman–Crippen MR) is 121 cm³/mol. The molecule has 1 saturated heterocycles. The number of benzene rings is 2. The van der Waals surface area contributed by atoms with E-state index >= 15 is 0 Å². The van der Waals surface area contributed by atoms with Crippen molar-refractivity contribution in [3.8, 4) is 5.75 Å². The molecule has 2 aliphatic heterocycles. The minimum Gasteiger partial charge on any atom is -0.487 e. The van der Waals surface area contributed by atoms with Gasteiger partial charge in [-0.25, -0.2) is 0 Å². The van der Waals surface area contributed by atoms with Crippen LogP contribution in [0.1, 0.15) is 56.4 Å². The van der Waals surface area contributed by atoms with Gasteiger partial charge in [-0.05, 0) is 38.3 Å². The summed E-state index contributed by atoms with van der Waals surface area (Å²) in [6, 6.07) is 19.0. The van der Waals surface area contributed by atoms with Crippen LogP contribution in [0.4, 0.5) is 0 Å². The van der Waals surface area contributed by atoms with Crippen LogP contribution in [0.5, 0.6) is 5.75 Å². The molecule has 0 bridgehead atoms. The summed E-state index contributed by atoms with van der Waals surface area (Å²) in [5, 5.41) is 7.19. The van der Waals surface area contributed by atoms with Gasteiger partial charge in [0, 0.05) is 38.1 Å². The second-order valence-electron chi connectivity index (χ2n) is 8.86. The molecule has 0 radical (unpaired) electrons. The van der Waals surface area contributed by atoms with Crippen molar-refractivity contribution < 1.29 is 9.47 Å². The van der Waals surface area contributed by atoms with Gasteiger partial charge in [0.2, 0.25) is 0 Å². The maximum Gasteiger partial charge on any atom is 0.191 e. The molecule has 3 atom stereocenters. The van der Waals surface area contributed by atoms with Crippen molar-refractivity contribution in [1.82, 2.24) is 10.6 Å². The SMILES string of the molecule is CN=C(NCC1CCCOC1c1ccccc1)NC1CC(C)(C)Oc2ccccc21. The molecule has 0 amide bonds. The molecular weight excluding hydrogens is 374 g/mol. The lowest BCUT2D eigenvalue weighted by Gasteiger charge is -2.38. The molecule has 2 aliphatic rings. The van der Waals surface area contributed by atoms with Crippen LogP contribution >= 0.6 is 0 Å². The number of fused-ring (bicyclic) bond motifs is 1. The Hall–Kier alpha value is -2.53. The summed E-state index contributed by atoms with van der Waals surface area (Å²) in [4.78, 5) is 4.50. The first-order valence-electron chi connectivity index (χ1n) is 11.0. The van der Waals surface area contributed by atoms with Crippen molar-refractivity contribution in [3.63, 3.8) is 0 Å². The molecule has 1 fully saturated rings. The van der Waals surface area contributed by atoms with E-state index in [1.807, 2.05) is 19.2 Å². The van der Waals surface area contributed by atoms with Gasteiger partial charge >= 0.3 is 0 Å². The predicted octanol–water partition coefficient (Wildman–Crippen LogP) is 4.62. The highest BCUT2D eigenvalue weighted by molar-refractivity contribution is 5.80. The van der Waals surface area contributed by atoms with Crippen LogP contribution in [0, 0.1) is 5.92 Å². The molecular formula is C25H33N3O2. The molecule has 0 spiro atoms. The van der Waals surface area contributed by atoms with Crippen molar-refractivity contribution in [2.24, 2.45) is 10.9 Å². The largest absolute Gasteiger partial charge is 0.487 e. The lowest BCUT2D eigenvalue weighted by molar-refractivity contribution is -0.0265. The summed E-state index contributed by atoms with van der Waals surface area (Å²) in [5.74, 6) is 2.19. The van der Waals surface area contributed by atoms with E-state index in [-0.39, 0.29) is 17.7 Å². The van der Waals surface area contributed by atoms with Crippen LogP contribution in [0.3, 0.4) is 0 Å². The van der Waals surface area contributed by atoms with Crippen molar-refractivity contribution in [1.29, 1.82) is 0 Å². The number of para-hydroxylation sites is 1. The minimum absolute atomic E-state index is 0.133. The van der Waals surface area contributed by atoms with E-state index in [0.717, 1.165) is 44.1 Å². The molecule has 5 heteroatoms. The molecule has 3 unspecified atom stereocenters. The van der Waals surface area contributed by atoms with Gasteiger partial charge < -0.3 is 20.1 Å². The summed E-state index contributed by atoms with van der Waals surface area (Å²) < 4.78 is 12.3. The Labute approximate surface area is 179 Å². The lowest BCUT2D eigenvalue weighted by Crippen LogP contribution is -2.47. The zero-order chi connectivity index (χ0) is 21.0. The van der Waals surface area contributed by atoms with Gasteiger partial charge in [-0.2, -0.15) is 0 Å². The van der Waals surface area contributed by atoms with E-state index in [1.165, 1.54) is 11.1 Å². The smallest absolute Gasteiger partial charge is 0.191 e. The molecule has 2 aromatic carbocycles. The quantitative estimate of drug-likeness (QED) is 0.574. The van der Waals surface area contributed by atoms with E-state index < -0.39 is 0 Å². The van der Waals surface area contributed by atoms with E-state index in [1.54, 1.807) is 0 Å². The van der Waals surface area contributed by atoms with Crippen LogP contribution in [-0.4, -0.2) is 31.8 Å². The Morgan fingerprint density at radius 2 is 1.87 bits per heavy atom. The minimum atomic E-state index is -0.222. The second kappa shape index (κ2) is 9.09. The molecule has 0 saturated carbocycles. The van der Waals surface area contributed by atoms with Crippen LogP contribution in [0.15, 0.2) is 59.6 Å². The van der Waals surface area contributed by atoms with Crippen molar-refractivity contribution in [3.05, 3.63) is 65.7 Å². The molecule has 2 N–H and O–H groups in total. The molecule has 0 aliphatic carbocycles. The molecule has 0 aromatic heterocycles. The van der Waals surface area contributed by atoms with Gasteiger partial charge in [0.05, 0.1) is 12.1 Å². The highest BCUT2D eigenvalue weighted by Gasteiger charge is 2.34. The monoisotopic (exact) mass is 407 g/mol. The number of rotatable bonds is 4. The summed E-state index contributed by atoms with van der Waals surface area (Å²) in [7, 11) is 1.83. The van der Waals surface area contributed by atoms with Crippen molar-refractivity contribution in [2.45, 2.75) is 50.9 Å². The van der Waals surface area contributed by atoms with Crippen molar-refractivity contribution in [2.75, 3.05) is 20.2 Å². The van der Waals surface area contributed by atoms with E-state index in [0.29, 0.717) is 5.92 Å². The van der Waals surface area contributed by atoms with Crippen LogP contribution in [0.25, 0.3) is 0 Å². The number of nitrogens with zero attached hydrogens (tertiary/aromatic N) is 1. The van der Waals surface area contributed by atoms with E-state index in [2.05, 4.69) is 71.9 Å². The van der Waals surface area contributed by atoms with E-state index in [4.69, 9.17) is 9.47 Å². The zero-order valence-electron chi connectivity index (χ0n) is 18.2. The van der Waals surface area contributed by atoms with Gasteiger partial charge in [0.15, 0.2) is 5.96 Å². The Kier molecular flexibility index (Phi) is 6.28. The first kappa shape index (κ1) is 20.7. The Bertz CT molecular complexity index is 866. The molecule has 2 heterocycles. The molecule has 2 aromatic rings. The first-order valence-corrected chi connectivity index (χ1v) is 11.0. The maximum absolute atomic E-state index is 6.17. The fourth-order valence-corrected chi connectivity index (χ4v) is 4.58. The third-order valence-electron chi connectivity index (χ3n) is 6.02. The van der Waals surface area contributed by atoms with Gasteiger partial charge in [0.1, 0.15) is 11.4 Å². The van der Waals surface area contributed by atoms with Gasteiger partial charge in [-0.3, -0.25) is 4.99 Å². The third-order valence-corrected chi connectivity index (χ3v) is 6.02. The number of hydrogen-bond acceptors (Lipinski definition) is 3. The van der Waals surface area contributed by atoms with Gasteiger partial charge in [0.25, 0.3) is 0 Å². The summed E-state index contributed by atoms with van der Waals surface area (Å²) >= 11 is 0. The summed E-state index contributed by atoms with van der Waals surface area (Å²) in [5.41, 5.74) is 2.22. The standard InChI is InChI=1S/C25H33N3O2/c1-25(2)16-21(20-13-7-8-14-22(20)30-25)28-24(26-3)27-17-19-12-9-15-29-23(19)18-10-5-4-6-11-18/h4-8,10-11,13-14,19,21,23H,9,12,15-17H2,1-3H3,(H2,26,27,28). The number of nitrogens with one attached hydrogen (secondary N) is 2. The first-order chi connectivity index (χ1) is 14.6. The van der Waals surface area contributed by atoms with Crippen molar-refractivity contribution >= 4 is 5.96 Å². The number of hydrogen-bond donors (Lipinski definition) is 2. The number of guanidine groups is 1. The Morgan fingerprint density at radius 3 is 2.67 bits per heavy atom. The third kappa shape index (κ3) is 4.78. The Morgan fingerprint density at radius 1 is 1.10 bits per heavy atom. The van der Waals surface area contributed by atoms with Crippen LogP contribution in [0.2, 0.25) is 0 Å². The molecule has 4 rings (SSSR count). The fraction of sp³-hybridized carbons (Fsp3) is 0.480. The zero-order valence-corrected chi connectivity index (χ0v) is 18.2. The number of ether oxygens (including phenoxy) is 2. The summed E-state index contributed by atoms with van der Waals surface area (Å²) in [6.07, 6.45) is 3.26. The average Bonchev–Trinajstić information content (AvgIpc) is 2.76. The molecule has 160 valence electrons.